The van der Waals surface area contributed by atoms with Crippen molar-refractivity contribution in [3.63, 3.8) is 0 Å². The summed E-state index contributed by atoms with van der Waals surface area (Å²) in [6, 6.07) is 9.49. The van der Waals surface area contributed by atoms with Crippen molar-refractivity contribution < 1.29 is 9.50 Å². The molecule has 0 saturated carbocycles. The molecular weight excluding hydrogens is 216 g/mol. The lowest BCUT2D eigenvalue weighted by Gasteiger charge is -2.38. The highest BCUT2D eigenvalue weighted by Crippen LogP contribution is 2.34. The average Bonchev–Trinajstić information content (AvgIpc) is 2.48. The molecule has 0 fully saturated rings. The second-order valence-corrected chi connectivity index (χ2v) is 4.34. The monoisotopic (exact) mass is 234 g/mol. The van der Waals surface area contributed by atoms with Gasteiger partial charge in [-0.1, -0.05) is 18.2 Å². The molecule has 0 saturated heterocycles. The molecule has 1 aromatic rings. The van der Waals surface area contributed by atoms with Gasteiger partial charge in [-0.2, -0.15) is 0 Å². The lowest BCUT2D eigenvalue weighted by molar-refractivity contribution is -0.977. The SMILES string of the molecule is CN[N+]1(c2ccccc2)C(=O)C=C(C)[N+]1(C)N. The summed E-state index contributed by atoms with van der Waals surface area (Å²) in [5.74, 6) is 6.22. The minimum atomic E-state index is -0.132. The zero-order valence-electron chi connectivity index (χ0n) is 10.3. The summed E-state index contributed by atoms with van der Waals surface area (Å²) < 4.78 is -0.175. The summed E-state index contributed by atoms with van der Waals surface area (Å²) in [6.45, 7) is 1.86. The molecule has 1 aliphatic heterocycles. The summed E-state index contributed by atoms with van der Waals surface area (Å²) in [5.41, 5.74) is 4.68. The molecule has 0 aromatic heterocycles. The number of nitrogens with zero attached hydrogens (tertiary/aromatic N) is 2. The van der Waals surface area contributed by atoms with Crippen molar-refractivity contribution in [2.75, 3.05) is 14.1 Å². The topological polar surface area (TPSA) is 55.1 Å². The van der Waals surface area contributed by atoms with E-state index in [4.69, 9.17) is 5.84 Å². The number of hydrogen-bond acceptors (Lipinski definition) is 3. The van der Waals surface area contributed by atoms with E-state index in [0.717, 1.165) is 11.4 Å². The number of nitrogens with one attached hydrogen (secondary N) is 1. The Labute approximate surface area is 101 Å². The molecule has 5 heteroatoms. The van der Waals surface area contributed by atoms with Gasteiger partial charge in [0.05, 0.1) is 0 Å². The molecule has 1 amide bonds. The Balaban J connectivity index is 2.65. The van der Waals surface area contributed by atoms with E-state index in [0.29, 0.717) is 0 Å². The van der Waals surface area contributed by atoms with Gasteiger partial charge in [0.25, 0.3) is 0 Å². The smallest absolute Gasteiger partial charge is 0.217 e. The Hall–Kier alpha value is -1.53. The molecule has 1 aliphatic rings. The van der Waals surface area contributed by atoms with E-state index in [-0.39, 0.29) is 15.3 Å². The maximum Gasteiger partial charge on any atom is 0.419 e. The maximum atomic E-state index is 12.3. The number of amides is 1. The predicted octanol–water partition coefficient (Wildman–Crippen LogP) is 0.808. The number of carbonyl (C=O) groups is 1. The van der Waals surface area contributed by atoms with E-state index < -0.39 is 0 Å². The summed E-state index contributed by atoms with van der Waals surface area (Å²) in [6.07, 6.45) is 1.59. The Bertz CT molecular complexity index is 481. The van der Waals surface area contributed by atoms with Gasteiger partial charge in [-0.15, -0.1) is 11.3 Å². The number of benzene rings is 1. The zero-order chi connectivity index (χ0) is 12.7. The van der Waals surface area contributed by atoms with Gasteiger partial charge in [0.2, 0.25) is 5.69 Å². The molecule has 0 radical (unpaired) electrons. The molecule has 1 aromatic carbocycles. The van der Waals surface area contributed by atoms with Crippen LogP contribution in [0.5, 0.6) is 0 Å². The number of nitrogens with two attached hydrogens (primary N) is 1. The van der Waals surface area contributed by atoms with Crippen LogP contribution in [-0.2, 0) is 4.79 Å². The number of hydrogen-bond donors (Lipinski definition) is 2. The lowest BCUT2D eigenvalue weighted by Crippen LogP contribution is -2.78. The molecule has 1 heterocycles. The fourth-order valence-corrected chi connectivity index (χ4v) is 2.30. The van der Waals surface area contributed by atoms with Gasteiger partial charge >= 0.3 is 5.91 Å². The molecule has 90 valence electrons. The highest BCUT2D eigenvalue weighted by Gasteiger charge is 2.60. The fraction of sp³-hybridized carbons (Fsp3) is 0.250. The van der Waals surface area contributed by atoms with E-state index in [9.17, 15) is 4.79 Å². The van der Waals surface area contributed by atoms with Crippen molar-refractivity contribution >= 4 is 11.6 Å². The second kappa shape index (κ2) is 3.75. The van der Waals surface area contributed by atoms with Crippen LogP contribution in [0.15, 0.2) is 42.1 Å². The quantitative estimate of drug-likeness (QED) is 0.588. The van der Waals surface area contributed by atoms with Crippen molar-refractivity contribution in [3.8, 4) is 0 Å². The van der Waals surface area contributed by atoms with E-state index in [1.54, 1.807) is 20.2 Å². The minimum absolute atomic E-state index is 0.0423. The molecule has 2 unspecified atom stereocenters. The van der Waals surface area contributed by atoms with Gasteiger partial charge in [-0.25, -0.2) is 4.79 Å². The van der Waals surface area contributed by atoms with E-state index in [2.05, 4.69) is 5.43 Å². The Morgan fingerprint density at radius 2 is 1.82 bits per heavy atom. The molecule has 0 aliphatic carbocycles. The first-order chi connectivity index (χ1) is 7.96. The molecule has 0 bridgehead atoms. The first kappa shape index (κ1) is 11.9. The van der Waals surface area contributed by atoms with Crippen molar-refractivity contribution in [3.05, 3.63) is 42.1 Å². The van der Waals surface area contributed by atoms with Crippen molar-refractivity contribution in [1.29, 1.82) is 0 Å². The van der Waals surface area contributed by atoms with Crippen LogP contribution in [0.1, 0.15) is 6.92 Å². The molecule has 0 spiro atoms. The normalized spacial score (nSPS) is 32.7. The highest BCUT2D eigenvalue weighted by atomic mass is 16.2. The molecule has 5 nitrogen and oxygen atoms in total. The van der Waals surface area contributed by atoms with Gasteiger partial charge in [-0.3, -0.25) is 0 Å². The van der Waals surface area contributed by atoms with E-state index in [1.165, 1.54) is 0 Å². The summed E-state index contributed by atoms with van der Waals surface area (Å²) in [5, 5.41) is 0. The summed E-state index contributed by atoms with van der Waals surface area (Å²) >= 11 is 0. The predicted molar refractivity (Wildman–Crippen MR) is 66.4 cm³/mol. The van der Waals surface area contributed by atoms with Crippen molar-refractivity contribution in [1.82, 2.24) is 10.1 Å². The first-order valence-corrected chi connectivity index (χ1v) is 5.49. The number of para-hydroxylation sites is 1. The van der Waals surface area contributed by atoms with Crippen LogP contribution in [-0.4, -0.2) is 24.7 Å². The number of quaternary nitrogens is 2. The summed E-state index contributed by atoms with van der Waals surface area (Å²) in [7, 11) is 3.54. The van der Waals surface area contributed by atoms with E-state index >= 15 is 0 Å². The zero-order valence-corrected chi connectivity index (χ0v) is 10.3. The van der Waals surface area contributed by atoms with Crippen LogP contribution in [0.4, 0.5) is 5.69 Å². The molecule has 2 rings (SSSR count). The lowest BCUT2D eigenvalue weighted by atomic mass is 10.3. The summed E-state index contributed by atoms with van der Waals surface area (Å²) in [4.78, 5) is 12.3. The minimum Gasteiger partial charge on any atom is -0.217 e. The molecular formula is C12H18N4O+2. The van der Waals surface area contributed by atoms with Gasteiger partial charge < -0.3 is 0 Å². The van der Waals surface area contributed by atoms with E-state index in [1.807, 2.05) is 37.3 Å². The van der Waals surface area contributed by atoms with Crippen LogP contribution in [0.3, 0.4) is 0 Å². The van der Waals surface area contributed by atoms with Gasteiger partial charge in [0, 0.05) is 30.8 Å². The molecule has 17 heavy (non-hydrogen) atoms. The molecule has 3 N–H and O–H groups in total. The third kappa shape index (κ3) is 1.37. The van der Waals surface area contributed by atoms with Crippen LogP contribution in [0.2, 0.25) is 0 Å². The Kier molecular flexibility index (Phi) is 2.63. The second-order valence-electron chi connectivity index (χ2n) is 4.34. The Morgan fingerprint density at radius 1 is 1.24 bits per heavy atom. The average molecular weight is 234 g/mol. The number of rotatable bonds is 2. The maximum absolute atomic E-state index is 12.3. The van der Waals surface area contributed by atoms with Gasteiger partial charge in [0.15, 0.2) is 5.70 Å². The molecule has 2 atom stereocenters. The van der Waals surface area contributed by atoms with Gasteiger partial charge in [-0.05, 0) is 4.70 Å². The number of allylic oxidation sites excluding steroid dienone is 1. The van der Waals surface area contributed by atoms with Gasteiger partial charge in [0.1, 0.15) is 13.1 Å². The number of carbonyl (C=O) groups excluding carboxylic acids is 1. The fourth-order valence-electron chi connectivity index (χ4n) is 2.30. The van der Waals surface area contributed by atoms with Crippen LogP contribution in [0, 0.1) is 0 Å². The standard InChI is InChI=1S/C12H18N4O/c1-10-9-12(17)16(14-2,15(10,3)13)11-7-5-4-6-8-11/h4-9,14H,13H2,1-3H3/q+2. The van der Waals surface area contributed by atoms with Crippen LogP contribution < -0.4 is 16.0 Å². The highest BCUT2D eigenvalue weighted by molar-refractivity contribution is 5.97. The first-order valence-electron chi connectivity index (χ1n) is 5.49. The van der Waals surface area contributed by atoms with Crippen LogP contribution >= 0.6 is 0 Å². The van der Waals surface area contributed by atoms with Crippen LogP contribution in [0.25, 0.3) is 0 Å². The van der Waals surface area contributed by atoms with Crippen molar-refractivity contribution in [2.24, 2.45) is 5.84 Å². The van der Waals surface area contributed by atoms with Crippen molar-refractivity contribution in [2.45, 2.75) is 6.92 Å². The third-order valence-corrected chi connectivity index (χ3v) is 3.44. The Morgan fingerprint density at radius 3 is 2.24 bits per heavy atom. The largest absolute Gasteiger partial charge is 0.419 e. The third-order valence-electron chi connectivity index (χ3n) is 3.44.